The minimum atomic E-state index is 0.0872. The first-order chi connectivity index (χ1) is 14.5. The van der Waals surface area contributed by atoms with Crippen LogP contribution >= 0.6 is 0 Å². The predicted molar refractivity (Wildman–Crippen MR) is 118 cm³/mol. The lowest BCUT2D eigenvalue weighted by molar-refractivity contribution is 0.318. The highest BCUT2D eigenvalue weighted by Crippen LogP contribution is 2.26. The predicted octanol–water partition coefficient (Wildman–Crippen LogP) is 3.10. The summed E-state index contributed by atoms with van der Waals surface area (Å²) >= 11 is 0. The van der Waals surface area contributed by atoms with Crippen LogP contribution in [0.1, 0.15) is 18.1 Å². The van der Waals surface area contributed by atoms with Crippen molar-refractivity contribution in [2.75, 3.05) is 36.3 Å². The van der Waals surface area contributed by atoms with Gasteiger partial charge in [0.1, 0.15) is 0 Å². The molecule has 0 aliphatic rings. The van der Waals surface area contributed by atoms with Crippen LogP contribution in [-0.2, 0) is 6.54 Å². The molecule has 0 spiro atoms. The summed E-state index contributed by atoms with van der Waals surface area (Å²) in [4.78, 5) is 14.9. The molecule has 0 bridgehead atoms. The van der Waals surface area contributed by atoms with Gasteiger partial charge in [0.15, 0.2) is 11.5 Å². The first kappa shape index (κ1) is 20.8. The Labute approximate surface area is 175 Å². The lowest BCUT2D eigenvalue weighted by atomic mass is 10.2. The Bertz CT molecular complexity index is 994. The van der Waals surface area contributed by atoms with Crippen LogP contribution in [0.15, 0.2) is 53.6 Å². The number of nitrogens with zero attached hydrogens (tertiary/aromatic N) is 5. The van der Waals surface area contributed by atoms with Crippen molar-refractivity contribution in [2.45, 2.75) is 13.5 Å². The summed E-state index contributed by atoms with van der Waals surface area (Å²) < 4.78 is 5.38. The van der Waals surface area contributed by atoms with Crippen LogP contribution in [0.4, 0.5) is 17.8 Å². The van der Waals surface area contributed by atoms with Crippen molar-refractivity contribution in [3.8, 4) is 11.5 Å². The van der Waals surface area contributed by atoms with E-state index in [-0.39, 0.29) is 5.75 Å². The van der Waals surface area contributed by atoms with Gasteiger partial charge >= 0.3 is 0 Å². The Hall–Kier alpha value is -3.88. The Morgan fingerprint density at radius 1 is 1.07 bits per heavy atom. The fraction of sp³-hybridized carbons (Fsp3) is 0.238. The number of ether oxygens (including phenoxy) is 1. The van der Waals surface area contributed by atoms with E-state index in [4.69, 9.17) is 4.74 Å². The largest absolute Gasteiger partial charge is 0.504 e. The second-order valence-electron chi connectivity index (χ2n) is 6.55. The molecule has 0 radical (unpaired) electrons. The molecule has 0 saturated carbocycles. The van der Waals surface area contributed by atoms with Gasteiger partial charge in [-0.05, 0) is 36.2 Å². The van der Waals surface area contributed by atoms with Crippen LogP contribution in [0.5, 0.6) is 11.5 Å². The van der Waals surface area contributed by atoms with Gasteiger partial charge in [0, 0.05) is 20.6 Å². The maximum Gasteiger partial charge on any atom is 0.250 e. The van der Waals surface area contributed by atoms with Crippen LogP contribution in [0.2, 0.25) is 0 Å². The number of hydrazone groups is 1. The molecule has 30 heavy (non-hydrogen) atoms. The number of hydrogen-bond donors (Lipinski definition) is 3. The zero-order valence-electron chi connectivity index (χ0n) is 17.2. The minimum Gasteiger partial charge on any atom is -0.504 e. The molecule has 0 aliphatic carbocycles. The summed E-state index contributed by atoms with van der Waals surface area (Å²) in [5.74, 6) is 1.75. The zero-order chi connectivity index (χ0) is 21.3. The van der Waals surface area contributed by atoms with Crippen molar-refractivity contribution < 1.29 is 9.84 Å². The molecule has 0 unspecified atom stereocenters. The highest BCUT2D eigenvalue weighted by Gasteiger charge is 2.08. The van der Waals surface area contributed by atoms with Gasteiger partial charge < -0.3 is 20.1 Å². The average Bonchev–Trinajstić information content (AvgIpc) is 2.75. The Kier molecular flexibility index (Phi) is 6.99. The molecule has 3 N–H and O–H groups in total. The summed E-state index contributed by atoms with van der Waals surface area (Å²) in [6, 6.07) is 15.0. The second-order valence-corrected chi connectivity index (χ2v) is 6.55. The molecule has 156 valence electrons. The van der Waals surface area contributed by atoms with Gasteiger partial charge in [-0.15, -0.1) is 0 Å². The van der Waals surface area contributed by atoms with E-state index in [0.29, 0.717) is 36.7 Å². The minimum absolute atomic E-state index is 0.0872. The Morgan fingerprint density at radius 2 is 1.83 bits per heavy atom. The number of aromatic nitrogens is 3. The maximum absolute atomic E-state index is 9.79. The smallest absolute Gasteiger partial charge is 0.250 e. The molecular formula is C21H25N7O2. The van der Waals surface area contributed by atoms with Crippen LogP contribution < -0.4 is 20.4 Å². The van der Waals surface area contributed by atoms with E-state index in [9.17, 15) is 5.11 Å². The molecule has 1 heterocycles. The zero-order valence-corrected chi connectivity index (χ0v) is 17.2. The number of aromatic hydroxyl groups is 1. The monoisotopic (exact) mass is 407 g/mol. The van der Waals surface area contributed by atoms with Crippen LogP contribution in [0.3, 0.4) is 0 Å². The van der Waals surface area contributed by atoms with Gasteiger partial charge in [-0.25, -0.2) is 5.43 Å². The lowest BCUT2D eigenvalue weighted by Gasteiger charge is -2.13. The molecule has 0 aliphatic heterocycles. The van der Waals surface area contributed by atoms with Crippen LogP contribution in [0, 0.1) is 0 Å². The average molecular weight is 407 g/mol. The quantitative estimate of drug-likeness (QED) is 0.367. The van der Waals surface area contributed by atoms with Gasteiger partial charge in [-0.3, -0.25) is 0 Å². The van der Waals surface area contributed by atoms with Crippen molar-refractivity contribution in [3.05, 3.63) is 59.7 Å². The van der Waals surface area contributed by atoms with E-state index in [1.54, 1.807) is 29.3 Å². The third-order valence-electron chi connectivity index (χ3n) is 3.98. The first-order valence-electron chi connectivity index (χ1n) is 9.51. The molecule has 2 aromatic carbocycles. The van der Waals surface area contributed by atoms with Crippen molar-refractivity contribution in [2.24, 2.45) is 5.10 Å². The normalized spacial score (nSPS) is 10.8. The van der Waals surface area contributed by atoms with Crippen LogP contribution in [0.25, 0.3) is 0 Å². The third kappa shape index (κ3) is 5.81. The van der Waals surface area contributed by atoms with E-state index >= 15 is 0 Å². The maximum atomic E-state index is 9.79. The van der Waals surface area contributed by atoms with Crippen molar-refractivity contribution >= 4 is 24.1 Å². The fourth-order valence-corrected chi connectivity index (χ4v) is 2.52. The molecular weight excluding hydrogens is 382 g/mol. The second kappa shape index (κ2) is 10.1. The van der Waals surface area contributed by atoms with Crippen LogP contribution in [-0.4, -0.2) is 47.0 Å². The number of rotatable bonds is 9. The molecule has 9 heteroatoms. The van der Waals surface area contributed by atoms with E-state index in [2.05, 4.69) is 30.8 Å². The van der Waals surface area contributed by atoms with Gasteiger partial charge in [0.25, 0.3) is 0 Å². The fourth-order valence-electron chi connectivity index (χ4n) is 2.52. The summed E-state index contributed by atoms with van der Waals surface area (Å²) in [5.41, 5.74) is 4.71. The highest BCUT2D eigenvalue weighted by molar-refractivity contribution is 5.81. The van der Waals surface area contributed by atoms with Crippen molar-refractivity contribution in [1.29, 1.82) is 0 Å². The summed E-state index contributed by atoms with van der Waals surface area (Å²) in [7, 11) is 3.71. The van der Waals surface area contributed by atoms with Crippen molar-refractivity contribution in [3.63, 3.8) is 0 Å². The van der Waals surface area contributed by atoms with Gasteiger partial charge in [0.05, 0.1) is 12.8 Å². The van der Waals surface area contributed by atoms with E-state index < -0.39 is 0 Å². The van der Waals surface area contributed by atoms with Gasteiger partial charge in [0.2, 0.25) is 17.8 Å². The number of hydrogen-bond acceptors (Lipinski definition) is 9. The molecule has 0 amide bonds. The highest BCUT2D eigenvalue weighted by atomic mass is 16.5. The molecule has 3 rings (SSSR count). The van der Waals surface area contributed by atoms with E-state index in [0.717, 1.165) is 11.1 Å². The molecule has 0 fully saturated rings. The van der Waals surface area contributed by atoms with E-state index in [1.807, 2.05) is 51.4 Å². The number of anilines is 3. The molecule has 3 aromatic rings. The lowest BCUT2D eigenvalue weighted by Crippen LogP contribution is -2.16. The summed E-state index contributed by atoms with van der Waals surface area (Å²) in [5, 5.41) is 17.2. The van der Waals surface area contributed by atoms with Crippen molar-refractivity contribution in [1.82, 2.24) is 15.0 Å². The van der Waals surface area contributed by atoms with Gasteiger partial charge in [-0.1, -0.05) is 30.3 Å². The first-order valence-corrected chi connectivity index (χ1v) is 9.51. The summed E-state index contributed by atoms with van der Waals surface area (Å²) in [6.07, 6.45) is 1.60. The number of nitrogens with one attached hydrogen (secondary N) is 2. The number of benzene rings is 2. The Balaban J connectivity index is 1.72. The molecule has 1 aromatic heterocycles. The standard InChI is InChI=1S/C21H25N7O2/c1-4-30-18-12-16(10-11-17(18)29)14-23-27-20-24-19(25-21(26-20)28(2)3)22-13-15-8-6-5-7-9-15/h5-12,14,29H,4,13H2,1-3H3,(H2,22,24,25,26,27)/b23-14-. The SMILES string of the molecule is CCOc1cc(/C=N\Nc2nc(NCc3ccccc3)nc(N(C)C)n2)ccc1O. The Morgan fingerprint density at radius 3 is 2.57 bits per heavy atom. The topological polar surface area (TPSA) is 108 Å². The number of phenolic OH excluding ortho intramolecular Hbond substituents is 1. The summed E-state index contributed by atoms with van der Waals surface area (Å²) in [6.45, 7) is 2.91. The molecule has 9 nitrogen and oxygen atoms in total. The molecule has 0 saturated heterocycles. The van der Waals surface area contributed by atoms with E-state index in [1.165, 1.54) is 0 Å². The number of phenols is 1. The molecule has 0 atom stereocenters. The van der Waals surface area contributed by atoms with Gasteiger partial charge in [-0.2, -0.15) is 20.1 Å². The third-order valence-corrected chi connectivity index (χ3v) is 3.98.